The lowest BCUT2D eigenvalue weighted by Crippen LogP contribution is -2.43. The first-order valence-electron chi connectivity index (χ1n) is 8.10. The van der Waals surface area contributed by atoms with Crippen molar-refractivity contribution in [1.82, 2.24) is 10.9 Å². The van der Waals surface area contributed by atoms with Crippen molar-refractivity contribution in [3.8, 4) is 5.75 Å². The molecule has 0 spiro atoms. The van der Waals surface area contributed by atoms with Crippen molar-refractivity contribution >= 4 is 17.8 Å². The van der Waals surface area contributed by atoms with Gasteiger partial charge < -0.3 is 9.47 Å². The van der Waals surface area contributed by atoms with Crippen LogP contribution in [-0.4, -0.2) is 31.0 Å². The fraction of sp³-hybridized carbons (Fsp3) is 0.211. The summed E-state index contributed by atoms with van der Waals surface area (Å²) in [6.07, 6.45) is 0.915. The fourth-order valence-corrected chi connectivity index (χ4v) is 1.98. The standard InChI is InChI=1S/C19H20N2O5/c1-2-14-8-10-16(11-9-14)25-13-18(23)26-12-17(22)20-21-19(24)15-6-4-3-5-7-15/h3-11H,2,12-13H2,1H3,(H,20,22)(H,21,24). The lowest BCUT2D eigenvalue weighted by Gasteiger charge is -2.09. The Morgan fingerprint density at radius 2 is 1.58 bits per heavy atom. The van der Waals surface area contributed by atoms with Crippen LogP contribution in [0.1, 0.15) is 22.8 Å². The van der Waals surface area contributed by atoms with Crippen molar-refractivity contribution in [2.45, 2.75) is 13.3 Å². The Kier molecular flexibility index (Phi) is 7.17. The van der Waals surface area contributed by atoms with Gasteiger partial charge in [0.25, 0.3) is 11.8 Å². The number of aryl methyl sites for hydroxylation is 1. The van der Waals surface area contributed by atoms with Crippen LogP contribution in [0, 0.1) is 0 Å². The molecule has 0 atom stereocenters. The third-order valence-electron chi connectivity index (χ3n) is 3.40. The van der Waals surface area contributed by atoms with Gasteiger partial charge in [0.2, 0.25) is 0 Å². The number of rotatable bonds is 7. The van der Waals surface area contributed by atoms with E-state index in [9.17, 15) is 14.4 Å². The van der Waals surface area contributed by atoms with E-state index in [1.165, 1.54) is 0 Å². The topological polar surface area (TPSA) is 93.7 Å². The zero-order valence-corrected chi connectivity index (χ0v) is 14.4. The van der Waals surface area contributed by atoms with Gasteiger partial charge >= 0.3 is 5.97 Å². The predicted octanol–water partition coefficient (Wildman–Crippen LogP) is 1.63. The molecule has 0 aliphatic heterocycles. The molecule has 26 heavy (non-hydrogen) atoms. The zero-order chi connectivity index (χ0) is 18.8. The number of hydrogen-bond acceptors (Lipinski definition) is 5. The molecule has 0 fully saturated rings. The second kappa shape index (κ2) is 9.83. The number of carbonyl (C=O) groups is 3. The van der Waals surface area contributed by atoms with Crippen molar-refractivity contribution in [2.75, 3.05) is 13.2 Å². The minimum absolute atomic E-state index is 0.310. The lowest BCUT2D eigenvalue weighted by molar-refractivity contribution is -0.150. The second-order valence-corrected chi connectivity index (χ2v) is 5.32. The summed E-state index contributed by atoms with van der Waals surface area (Å²) in [6.45, 7) is 1.21. The monoisotopic (exact) mass is 356 g/mol. The average molecular weight is 356 g/mol. The summed E-state index contributed by atoms with van der Waals surface area (Å²) >= 11 is 0. The van der Waals surface area contributed by atoms with Gasteiger partial charge in [0.05, 0.1) is 0 Å². The van der Waals surface area contributed by atoms with Crippen LogP contribution in [0.25, 0.3) is 0 Å². The first-order chi connectivity index (χ1) is 12.6. The van der Waals surface area contributed by atoms with Gasteiger partial charge in [-0.15, -0.1) is 0 Å². The molecular formula is C19H20N2O5. The Balaban J connectivity index is 1.65. The van der Waals surface area contributed by atoms with Crippen LogP contribution >= 0.6 is 0 Å². The van der Waals surface area contributed by atoms with E-state index in [-0.39, 0.29) is 6.61 Å². The van der Waals surface area contributed by atoms with Crippen LogP contribution in [0.15, 0.2) is 54.6 Å². The van der Waals surface area contributed by atoms with Crippen LogP contribution in [0.3, 0.4) is 0 Å². The SMILES string of the molecule is CCc1ccc(OCC(=O)OCC(=O)NNC(=O)c2ccccc2)cc1. The quantitative estimate of drug-likeness (QED) is 0.581. The van der Waals surface area contributed by atoms with Crippen molar-refractivity contribution in [3.05, 3.63) is 65.7 Å². The molecule has 2 rings (SSSR count). The summed E-state index contributed by atoms with van der Waals surface area (Å²) < 4.78 is 10.1. The number of ether oxygens (including phenoxy) is 2. The van der Waals surface area contributed by atoms with Crippen molar-refractivity contribution in [1.29, 1.82) is 0 Å². The molecule has 0 radical (unpaired) electrons. The Morgan fingerprint density at radius 3 is 2.23 bits per heavy atom. The number of esters is 1. The van der Waals surface area contributed by atoms with Crippen LogP contribution < -0.4 is 15.6 Å². The van der Waals surface area contributed by atoms with Gasteiger partial charge in [-0.1, -0.05) is 37.3 Å². The van der Waals surface area contributed by atoms with Crippen molar-refractivity contribution in [3.63, 3.8) is 0 Å². The second-order valence-electron chi connectivity index (χ2n) is 5.32. The summed E-state index contributed by atoms with van der Waals surface area (Å²) in [5.41, 5.74) is 5.95. The molecule has 2 amide bonds. The molecule has 0 aliphatic rings. The third-order valence-corrected chi connectivity index (χ3v) is 3.40. The van der Waals surface area contributed by atoms with E-state index in [1.54, 1.807) is 42.5 Å². The van der Waals surface area contributed by atoms with Crippen molar-refractivity contribution in [2.24, 2.45) is 0 Å². The molecule has 2 aromatic rings. The van der Waals surface area contributed by atoms with Gasteiger partial charge in [0.1, 0.15) is 5.75 Å². The Labute approximate surface area is 151 Å². The smallest absolute Gasteiger partial charge is 0.344 e. The molecule has 0 bridgehead atoms. The van der Waals surface area contributed by atoms with Crippen LogP contribution in [0.4, 0.5) is 0 Å². The normalized spacial score (nSPS) is 9.88. The minimum atomic E-state index is -0.686. The lowest BCUT2D eigenvalue weighted by atomic mass is 10.2. The van der Waals surface area contributed by atoms with Crippen LogP contribution in [0.5, 0.6) is 5.75 Å². The average Bonchev–Trinajstić information content (AvgIpc) is 2.69. The Hall–Kier alpha value is -3.35. The van der Waals surface area contributed by atoms with Crippen LogP contribution in [0.2, 0.25) is 0 Å². The highest BCUT2D eigenvalue weighted by Crippen LogP contribution is 2.12. The highest BCUT2D eigenvalue weighted by molar-refractivity contribution is 5.95. The molecule has 7 heteroatoms. The van der Waals surface area contributed by atoms with E-state index in [1.807, 2.05) is 19.1 Å². The van der Waals surface area contributed by atoms with E-state index >= 15 is 0 Å². The molecule has 0 saturated carbocycles. The van der Waals surface area contributed by atoms with E-state index in [0.29, 0.717) is 11.3 Å². The van der Waals surface area contributed by atoms with Gasteiger partial charge in [-0.2, -0.15) is 0 Å². The van der Waals surface area contributed by atoms with Gasteiger partial charge in [0, 0.05) is 5.56 Å². The largest absolute Gasteiger partial charge is 0.482 e. The summed E-state index contributed by atoms with van der Waals surface area (Å²) in [7, 11) is 0. The van der Waals surface area contributed by atoms with Gasteiger partial charge in [-0.3, -0.25) is 20.4 Å². The highest BCUT2D eigenvalue weighted by atomic mass is 16.6. The summed E-state index contributed by atoms with van der Waals surface area (Å²) in [4.78, 5) is 34.9. The Morgan fingerprint density at radius 1 is 0.885 bits per heavy atom. The molecule has 0 saturated heterocycles. The minimum Gasteiger partial charge on any atom is -0.482 e. The van der Waals surface area contributed by atoms with Gasteiger partial charge in [0.15, 0.2) is 13.2 Å². The molecule has 136 valence electrons. The van der Waals surface area contributed by atoms with Crippen LogP contribution in [-0.2, 0) is 20.7 Å². The summed E-state index contributed by atoms with van der Waals surface area (Å²) in [5.74, 6) is -1.27. The maximum Gasteiger partial charge on any atom is 0.344 e. The molecule has 7 nitrogen and oxygen atoms in total. The number of carbonyl (C=O) groups excluding carboxylic acids is 3. The molecule has 0 aromatic heterocycles. The number of amides is 2. The number of nitrogens with one attached hydrogen (secondary N) is 2. The number of benzene rings is 2. The number of hydrogen-bond donors (Lipinski definition) is 2. The molecule has 2 aromatic carbocycles. The van der Waals surface area contributed by atoms with E-state index in [2.05, 4.69) is 10.9 Å². The van der Waals surface area contributed by atoms with Gasteiger partial charge in [-0.05, 0) is 36.2 Å². The maximum absolute atomic E-state index is 11.7. The van der Waals surface area contributed by atoms with E-state index < -0.39 is 24.4 Å². The molecule has 0 unspecified atom stereocenters. The first kappa shape index (κ1) is 19.0. The predicted molar refractivity (Wildman–Crippen MR) is 94.3 cm³/mol. The maximum atomic E-state index is 11.7. The summed E-state index contributed by atoms with van der Waals surface area (Å²) in [6, 6.07) is 15.7. The molecular weight excluding hydrogens is 336 g/mol. The van der Waals surface area contributed by atoms with Gasteiger partial charge in [-0.25, -0.2) is 4.79 Å². The molecule has 0 aliphatic carbocycles. The fourth-order valence-electron chi connectivity index (χ4n) is 1.98. The number of hydrazine groups is 1. The third kappa shape index (κ3) is 6.27. The van der Waals surface area contributed by atoms with E-state index in [4.69, 9.17) is 9.47 Å². The Bertz CT molecular complexity index is 744. The van der Waals surface area contributed by atoms with Crippen molar-refractivity contribution < 1.29 is 23.9 Å². The molecule has 0 heterocycles. The summed E-state index contributed by atoms with van der Waals surface area (Å²) in [5, 5.41) is 0. The first-order valence-corrected chi connectivity index (χ1v) is 8.10. The van der Waals surface area contributed by atoms with E-state index in [0.717, 1.165) is 12.0 Å². The molecule has 2 N–H and O–H groups in total. The highest BCUT2D eigenvalue weighted by Gasteiger charge is 2.10. The zero-order valence-electron chi connectivity index (χ0n) is 14.4.